The predicted octanol–water partition coefficient (Wildman–Crippen LogP) is 1.47. The highest BCUT2D eigenvalue weighted by molar-refractivity contribution is 5.84. The first-order valence-corrected chi connectivity index (χ1v) is 8.45. The number of para-hydroxylation sites is 2. The molecular weight excluding hydrogens is 334 g/mol. The number of hydrogen-bond acceptors (Lipinski definition) is 6. The SMILES string of the molecule is CC[C@@]1(O)C(=O)OCc2c1cc1n(c2=O)Cc2nc3ccccc3nc2-1. The third-order valence-corrected chi connectivity index (χ3v) is 5.24. The number of benzene rings is 1. The lowest BCUT2D eigenvalue weighted by Gasteiger charge is -2.31. The fraction of sp³-hybridized carbons (Fsp3) is 0.263. The van der Waals surface area contributed by atoms with Crippen LogP contribution in [0.3, 0.4) is 0 Å². The van der Waals surface area contributed by atoms with Gasteiger partial charge in [0.25, 0.3) is 5.56 Å². The van der Waals surface area contributed by atoms with Crippen molar-refractivity contribution in [2.75, 3.05) is 0 Å². The number of rotatable bonds is 1. The second kappa shape index (κ2) is 4.98. The highest BCUT2D eigenvalue weighted by Gasteiger charge is 2.45. The zero-order valence-corrected chi connectivity index (χ0v) is 14.0. The largest absolute Gasteiger partial charge is 0.458 e. The lowest BCUT2D eigenvalue weighted by molar-refractivity contribution is -0.172. The number of cyclic esters (lactones) is 1. The van der Waals surface area contributed by atoms with Gasteiger partial charge in [0.2, 0.25) is 0 Å². The summed E-state index contributed by atoms with van der Waals surface area (Å²) >= 11 is 0. The van der Waals surface area contributed by atoms with Gasteiger partial charge in [-0.25, -0.2) is 14.8 Å². The minimum atomic E-state index is -1.81. The van der Waals surface area contributed by atoms with Crippen molar-refractivity contribution in [1.29, 1.82) is 0 Å². The molecule has 3 aromatic rings. The summed E-state index contributed by atoms with van der Waals surface area (Å²) in [4.78, 5) is 34.4. The molecule has 7 heteroatoms. The molecule has 1 atom stereocenters. The molecule has 4 heterocycles. The van der Waals surface area contributed by atoms with E-state index < -0.39 is 11.6 Å². The molecule has 5 rings (SSSR count). The molecule has 0 spiro atoms. The van der Waals surface area contributed by atoms with Gasteiger partial charge in [0.1, 0.15) is 12.3 Å². The van der Waals surface area contributed by atoms with E-state index in [9.17, 15) is 14.7 Å². The Morgan fingerprint density at radius 1 is 1.23 bits per heavy atom. The van der Waals surface area contributed by atoms with Gasteiger partial charge in [0, 0.05) is 5.56 Å². The zero-order valence-electron chi connectivity index (χ0n) is 14.0. The molecule has 26 heavy (non-hydrogen) atoms. The van der Waals surface area contributed by atoms with E-state index in [-0.39, 0.29) is 18.6 Å². The Bertz CT molecular complexity index is 1170. The summed E-state index contributed by atoms with van der Waals surface area (Å²) in [7, 11) is 0. The van der Waals surface area contributed by atoms with Gasteiger partial charge in [0.05, 0.1) is 34.5 Å². The number of fused-ring (bicyclic) bond motifs is 5. The Kier molecular flexibility index (Phi) is 2.92. The van der Waals surface area contributed by atoms with Crippen molar-refractivity contribution in [2.45, 2.75) is 32.1 Å². The smallest absolute Gasteiger partial charge is 0.343 e. The summed E-state index contributed by atoms with van der Waals surface area (Å²) in [6.45, 7) is 1.87. The minimum absolute atomic E-state index is 0.123. The number of nitrogens with zero attached hydrogens (tertiary/aromatic N) is 3. The highest BCUT2D eigenvalue weighted by atomic mass is 16.6. The van der Waals surface area contributed by atoms with Crippen LogP contribution in [0.1, 0.15) is 30.2 Å². The second-order valence-corrected chi connectivity index (χ2v) is 6.61. The highest BCUT2D eigenvalue weighted by Crippen LogP contribution is 2.37. The fourth-order valence-electron chi connectivity index (χ4n) is 3.75. The topological polar surface area (TPSA) is 94.3 Å². The third-order valence-electron chi connectivity index (χ3n) is 5.24. The van der Waals surface area contributed by atoms with E-state index in [0.717, 1.165) is 11.0 Å². The van der Waals surface area contributed by atoms with E-state index in [4.69, 9.17) is 4.74 Å². The zero-order chi connectivity index (χ0) is 18.1. The van der Waals surface area contributed by atoms with Crippen molar-refractivity contribution in [1.82, 2.24) is 14.5 Å². The lowest BCUT2D eigenvalue weighted by atomic mass is 9.86. The van der Waals surface area contributed by atoms with Crippen LogP contribution in [0.2, 0.25) is 0 Å². The molecule has 0 saturated carbocycles. The van der Waals surface area contributed by atoms with E-state index in [1.54, 1.807) is 17.6 Å². The van der Waals surface area contributed by atoms with Crippen molar-refractivity contribution in [3.63, 3.8) is 0 Å². The van der Waals surface area contributed by atoms with Crippen LogP contribution >= 0.6 is 0 Å². The molecule has 2 aliphatic heterocycles. The number of hydrogen-bond donors (Lipinski definition) is 1. The van der Waals surface area contributed by atoms with Crippen molar-refractivity contribution in [3.05, 3.63) is 57.5 Å². The first-order chi connectivity index (χ1) is 12.5. The van der Waals surface area contributed by atoms with E-state index in [1.165, 1.54) is 0 Å². The number of carbonyl (C=O) groups is 1. The molecule has 1 aromatic carbocycles. The molecule has 0 fully saturated rings. The van der Waals surface area contributed by atoms with Crippen LogP contribution in [0.15, 0.2) is 35.1 Å². The molecule has 0 saturated heterocycles. The molecule has 0 amide bonds. The van der Waals surface area contributed by atoms with Gasteiger partial charge < -0.3 is 14.4 Å². The summed E-state index contributed by atoms with van der Waals surface area (Å²) in [5.74, 6) is -0.723. The average Bonchev–Trinajstić information content (AvgIpc) is 3.01. The Balaban J connectivity index is 1.81. The van der Waals surface area contributed by atoms with E-state index >= 15 is 0 Å². The van der Waals surface area contributed by atoms with Crippen LogP contribution in [0.5, 0.6) is 0 Å². The summed E-state index contributed by atoms with van der Waals surface area (Å²) in [5.41, 5.74) is 1.93. The Hall–Kier alpha value is -3.06. The lowest BCUT2D eigenvalue weighted by Crippen LogP contribution is -2.44. The number of aromatic nitrogens is 3. The van der Waals surface area contributed by atoms with Gasteiger partial charge in [0.15, 0.2) is 5.60 Å². The first kappa shape index (κ1) is 15.2. The summed E-state index contributed by atoms with van der Waals surface area (Å²) in [6, 6.07) is 9.20. The van der Waals surface area contributed by atoms with E-state index in [1.807, 2.05) is 24.3 Å². The minimum Gasteiger partial charge on any atom is -0.458 e. The van der Waals surface area contributed by atoms with Gasteiger partial charge in [-0.1, -0.05) is 19.1 Å². The van der Waals surface area contributed by atoms with E-state index in [2.05, 4.69) is 9.97 Å². The van der Waals surface area contributed by atoms with Gasteiger partial charge in [-0.15, -0.1) is 0 Å². The van der Waals surface area contributed by atoms with Crippen molar-refractivity contribution >= 4 is 17.0 Å². The first-order valence-electron chi connectivity index (χ1n) is 8.45. The average molecular weight is 349 g/mol. The summed E-state index contributed by atoms with van der Waals surface area (Å²) in [6.07, 6.45) is 0.123. The fourth-order valence-corrected chi connectivity index (χ4v) is 3.75. The van der Waals surface area contributed by atoms with Crippen molar-refractivity contribution < 1.29 is 14.6 Å². The predicted molar refractivity (Wildman–Crippen MR) is 92.3 cm³/mol. The monoisotopic (exact) mass is 349 g/mol. The second-order valence-electron chi connectivity index (χ2n) is 6.61. The maximum atomic E-state index is 13.0. The molecule has 1 N–H and O–H groups in total. The normalized spacial score (nSPS) is 20.5. The summed E-state index contributed by atoms with van der Waals surface area (Å²) in [5, 5.41) is 10.8. The molecule has 2 aromatic heterocycles. The maximum Gasteiger partial charge on any atom is 0.343 e. The number of aliphatic hydroxyl groups is 1. The van der Waals surface area contributed by atoms with Crippen LogP contribution in [-0.2, 0) is 28.3 Å². The number of esters is 1. The maximum absolute atomic E-state index is 13.0. The van der Waals surface area contributed by atoms with Crippen molar-refractivity contribution in [3.8, 4) is 11.4 Å². The number of carbonyl (C=O) groups excluding carboxylic acids is 1. The standard InChI is InChI=1S/C19H15N3O4/c1-2-19(25)11-7-15-16-14(20-12-5-3-4-6-13(12)21-16)8-22(15)17(23)10(11)9-26-18(19)24/h3-7,25H,2,8-9H2,1H3/t19-/m0/s1. The summed E-state index contributed by atoms with van der Waals surface area (Å²) < 4.78 is 6.64. The molecule has 2 aliphatic rings. The molecule has 130 valence electrons. The molecule has 7 nitrogen and oxygen atoms in total. The molecule has 0 aliphatic carbocycles. The molecular formula is C19H15N3O4. The van der Waals surface area contributed by atoms with Gasteiger partial charge in [-0.3, -0.25) is 4.79 Å². The quantitative estimate of drug-likeness (QED) is 0.523. The van der Waals surface area contributed by atoms with Crippen molar-refractivity contribution in [2.24, 2.45) is 0 Å². The molecule has 0 unspecified atom stereocenters. The van der Waals surface area contributed by atoms with Crippen LogP contribution in [0, 0.1) is 0 Å². The van der Waals surface area contributed by atoms with Gasteiger partial charge in [-0.05, 0) is 24.6 Å². The van der Waals surface area contributed by atoms with Crippen LogP contribution < -0.4 is 5.56 Å². The van der Waals surface area contributed by atoms with E-state index in [0.29, 0.717) is 34.8 Å². The van der Waals surface area contributed by atoms with Gasteiger partial charge >= 0.3 is 5.97 Å². The van der Waals surface area contributed by atoms with Gasteiger partial charge in [-0.2, -0.15) is 0 Å². The Morgan fingerprint density at radius 2 is 1.96 bits per heavy atom. The Labute approximate surface area is 147 Å². The number of pyridine rings is 1. The van der Waals surface area contributed by atoms with Crippen LogP contribution in [-0.4, -0.2) is 25.6 Å². The van der Waals surface area contributed by atoms with Crippen LogP contribution in [0.25, 0.3) is 22.4 Å². The molecule has 0 bridgehead atoms. The number of ether oxygens (including phenoxy) is 1. The van der Waals surface area contributed by atoms with Crippen LogP contribution in [0.4, 0.5) is 0 Å². The Morgan fingerprint density at radius 3 is 2.69 bits per heavy atom. The molecule has 0 radical (unpaired) electrons. The third kappa shape index (κ3) is 1.80.